The first-order valence-electron chi connectivity index (χ1n) is 4.53. The summed E-state index contributed by atoms with van der Waals surface area (Å²) in [5.41, 5.74) is 0. The molecule has 1 aliphatic heterocycles. The van der Waals surface area contributed by atoms with E-state index in [4.69, 9.17) is 0 Å². The van der Waals surface area contributed by atoms with Crippen molar-refractivity contribution in [3.63, 3.8) is 0 Å². The molecule has 0 aromatic carbocycles. The summed E-state index contributed by atoms with van der Waals surface area (Å²) >= 11 is 0. The van der Waals surface area contributed by atoms with E-state index in [1.165, 1.54) is 5.82 Å². The molecule has 0 bridgehead atoms. The van der Waals surface area contributed by atoms with Gasteiger partial charge in [0.05, 0.1) is 6.04 Å². The Labute approximate surface area is 72.8 Å². The fourth-order valence-corrected chi connectivity index (χ4v) is 1.75. The first kappa shape index (κ1) is 7.80. The third-order valence-corrected chi connectivity index (χ3v) is 2.41. The largest absolute Gasteiger partial charge is 0.332 e. The van der Waals surface area contributed by atoms with Crippen molar-refractivity contribution in [3.05, 3.63) is 18.2 Å². The Kier molecular flexibility index (Phi) is 1.89. The van der Waals surface area contributed by atoms with Crippen LogP contribution in [0.25, 0.3) is 0 Å². The number of aromatic nitrogens is 2. The molecule has 0 amide bonds. The van der Waals surface area contributed by atoms with E-state index in [9.17, 15) is 0 Å². The number of hydrogen-bond donors (Lipinski definition) is 1. The molecule has 0 spiro atoms. The Morgan fingerprint density at radius 1 is 1.67 bits per heavy atom. The highest BCUT2D eigenvalue weighted by Gasteiger charge is 2.22. The molecule has 1 aliphatic rings. The minimum absolute atomic E-state index is 0.439. The Hall–Kier alpha value is -0.830. The third-order valence-electron chi connectivity index (χ3n) is 2.41. The zero-order valence-corrected chi connectivity index (χ0v) is 7.62. The van der Waals surface area contributed by atoms with Crippen LogP contribution in [0.2, 0.25) is 0 Å². The molecule has 2 rings (SSSR count). The van der Waals surface area contributed by atoms with Gasteiger partial charge in [-0.1, -0.05) is 13.8 Å². The molecular formula is C9H15N3. The molecule has 1 aromatic rings. The topological polar surface area (TPSA) is 29.9 Å². The predicted molar refractivity (Wildman–Crippen MR) is 47.8 cm³/mol. The summed E-state index contributed by atoms with van der Waals surface area (Å²) in [5.74, 6) is 1.81. The zero-order valence-electron chi connectivity index (χ0n) is 7.62. The Bertz CT molecular complexity index is 264. The van der Waals surface area contributed by atoms with E-state index in [2.05, 4.69) is 34.9 Å². The zero-order chi connectivity index (χ0) is 8.55. The van der Waals surface area contributed by atoms with Gasteiger partial charge in [-0.2, -0.15) is 0 Å². The Morgan fingerprint density at radius 2 is 2.50 bits per heavy atom. The standard InChI is InChI=1S/C9H15N3/c1-7(2)8-9-11-4-6-12(9)5-3-10-8/h4,6-8,10H,3,5H2,1-2H3. The molecule has 66 valence electrons. The summed E-state index contributed by atoms with van der Waals surface area (Å²) in [6.45, 7) is 6.56. The molecule has 1 N–H and O–H groups in total. The van der Waals surface area contributed by atoms with E-state index in [1.54, 1.807) is 0 Å². The van der Waals surface area contributed by atoms with Gasteiger partial charge in [0.15, 0.2) is 0 Å². The molecule has 1 atom stereocenters. The van der Waals surface area contributed by atoms with E-state index in [1.807, 2.05) is 6.20 Å². The maximum absolute atomic E-state index is 4.36. The van der Waals surface area contributed by atoms with Gasteiger partial charge in [-0.15, -0.1) is 0 Å². The van der Waals surface area contributed by atoms with Gasteiger partial charge < -0.3 is 9.88 Å². The van der Waals surface area contributed by atoms with Crippen molar-refractivity contribution in [3.8, 4) is 0 Å². The van der Waals surface area contributed by atoms with Gasteiger partial charge in [0, 0.05) is 25.5 Å². The lowest BCUT2D eigenvalue weighted by Gasteiger charge is -2.27. The van der Waals surface area contributed by atoms with Crippen molar-refractivity contribution in [2.75, 3.05) is 6.54 Å². The lowest BCUT2D eigenvalue weighted by Crippen LogP contribution is -2.36. The smallest absolute Gasteiger partial charge is 0.126 e. The fraction of sp³-hybridized carbons (Fsp3) is 0.667. The van der Waals surface area contributed by atoms with Crippen molar-refractivity contribution in [2.45, 2.75) is 26.4 Å². The minimum atomic E-state index is 0.439. The monoisotopic (exact) mass is 165 g/mol. The molecule has 3 nitrogen and oxygen atoms in total. The molecule has 1 unspecified atom stereocenters. The van der Waals surface area contributed by atoms with Crippen molar-refractivity contribution in [2.24, 2.45) is 5.92 Å². The van der Waals surface area contributed by atoms with Gasteiger partial charge >= 0.3 is 0 Å². The van der Waals surface area contributed by atoms with Crippen LogP contribution >= 0.6 is 0 Å². The molecule has 0 radical (unpaired) electrons. The molecular weight excluding hydrogens is 150 g/mol. The quantitative estimate of drug-likeness (QED) is 0.677. The van der Waals surface area contributed by atoms with E-state index in [-0.39, 0.29) is 0 Å². The predicted octanol–water partition coefficient (Wildman–Crippen LogP) is 1.18. The highest BCUT2D eigenvalue weighted by Crippen LogP contribution is 2.22. The highest BCUT2D eigenvalue weighted by atomic mass is 15.2. The van der Waals surface area contributed by atoms with Crippen LogP contribution in [0.1, 0.15) is 25.7 Å². The average molecular weight is 165 g/mol. The maximum atomic E-state index is 4.36. The first-order valence-corrected chi connectivity index (χ1v) is 4.53. The number of nitrogens with zero attached hydrogens (tertiary/aromatic N) is 2. The van der Waals surface area contributed by atoms with Crippen LogP contribution in [0.15, 0.2) is 12.4 Å². The van der Waals surface area contributed by atoms with Crippen molar-refractivity contribution < 1.29 is 0 Å². The Morgan fingerprint density at radius 3 is 3.25 bits per heavy atom. The summed E-state index contributed by atoms with van der Waals surface area (Å²) < 4.78 is 2.24. The van der Waals surface area contributed by atoms with Crippen LogP contribution in [-0.2, 0) is 6.54 Å². The summed E-state index contributed by atoms with van der Waals surface area (Å²) in [4.78, 5) is 4.36. The molecule has 1 aromatic heterocycles. The van der Waals surface area contributed by atoms with E-state index < -0.39 is 0 Å². The van der Waals surface area contributed by atoms with Gasteiger partial charge in [-0.05, 0) is 5.92 Å². The molecule has 2 heterocycles. The second-order valence-electron chi connectivity index (χ2n) is 3.65. The van der Waals surface area contributed by atoms with Gasteiger partial charge in [-0.25, -0.2) is 4.98 Å². The van der Waals surface area contributed by atoms with Gasteiger partial charge in [0.25, 0.3) is 0 Å². The van der Waals surface area contributed by atoms with Crippen LogP contribution in [0.5, 0.6) is 0 Å². The van der Waals surface area contributed by atoms with Crippen LogP contribution in [0, 0.1) is 5.92 Å². The molecule has 0 fully saturated rings. The lowest BCUT2D eigenvalue weighted by atomic mass is 10.0. The van der Waals surface area contributed by atoms with E-state index in [0.29, 0.717) is 12.0 Å². The Balaban J connectivity index is 2.31. The van der Waals surface area contributed by atoms with Gasteiger partial charge in [-0.3, -0.25) is 0 Å². The summed E-state index contributed by atoms with van der Waals surface area (Å²) in [6, 6.07) is 0.439. The number of imidazole rings is 1. The SMILES string of the molecule is CC(C)C1NCCn2ccnc21. The second kappa shape index (κ2) is 2.90. The fourth-order valence-electron chi connectivity index (χ4n) is 1.75. The molecule has 3 heteroatoms. The first-order chi connectivity index (χ1) is 5.79. The summed E-state index contributed by atoms with van der Waals surface area (Å²) in [5, 5.41) is 3.48. The van der Waals surface area contributed by atoms with Crippen LogP contribution in [0.3, 0.4) is 0 Å². The third kappa shape index (κ3) is 1.14. The lowest BCUT2D eigenvalue weighted by molar-refractivity contribution is 0.338. The van der Waals surface area contributed by atoms with Crippen LogP contribution in [0.4, 0.5) is 0 Å². The number of fused-ring (bicyclic) bond motifs is 1. The van der Waals surface area contributed by atoms with Gasteiger partial charge in [0.1, 0.15) is 5.82 Å². The number of hydrogen-bond acceptors (Lipinski definition) is 2. The van der Waals surface area contributed by atoms with Crippen molar-refractivity contribution in [1.29, 1.82) is 0 Å². The number of nitrogens with one attached hydrogen (secondary N) is 1. The molecule has 0 saturated heterocycles. The minimum Gasteiger partial charge on any atom is -0.332 e. The van der Waals surface area contributed by atoms with Crippen LogP contribution in [-0.4, -0.2) is 16.1 Å². The number of rotatable bonds is 1. The van der Waals surface area contributed by atoms with Crippen molar-refractivity contribution in [1.82, 2.24) is 14.9 Å². The second-order valence-corrected chi connectivity index (χ2v) is 3.65. The van der Waals surface area contributed by atoms with Crippen LogP contribution < -0.4 is 5.32 Å². The van der Waals surface area contributed by atoms with Gasteiger partial charge in [0.2, 0.25) is 0 Å². The molecule has 0 saturated carbocycles. The molecule has 0 aliphatic carbocycles. The van der Waals surface area contributed by atoms with E-state index >= 15 is 0 Å². The summed E-state index contributed by atoms with van der Waals surface area (Å²) in [7, 11) is 0. The molecule has 12 heavy (non-hydrogen) atoms. The highest BCUT2D eigenvalue weighted by molar-refractivity contribution is 5.03. The summed E-state index contributed by atoms with van der Waals surface area (Å²) in [6.07, 6.45) is 3.95. The average Bonchev–Trinajstić information content (AvgIpc) is 2.49. The normalized spacial score (nSPS) is 22.8. The van der Waals surface area contributed by atoms with E-state index in [0.717, 1.165) is 13.1 Å². The maximum Gasteiger partial charge on any atom is 0.126 e. The van der Waals surface area contributed by atoms with Crippen molar-refractivity contribution >= 4 is 0 Å².